The van der Waals surface area contributed by atoms with Crippen LogP contribution in [-0.4, -0.2) is 5.91 Å². The van der Waals surface area contributed by atoms with Gasteiger partial charge in [-0.3, -0.25) is 4.79 Å². The van der Waals surface area contributed by atoms with Crippen LogP contribution in [0.4, 0.5) is 0 Å². The van der Waals surface area contributed by atoms with E-state index in [2.05, 4.69) is 5.32 Å². The monoisotopic (exact) mass is 293 g/mol. The van der Waals surface area contributed by atoms with Gasteiger partial charge >= 0.3 is 0 Å². The first-order chi connectivity index (χ1) is 9.06. The van der Waals surface area contributed by atoms with Crippen molar-refractivity contribution in [1.29, 1.82) is 0 Å². The van der Waals surface area contributed by atoms with Gasteiger partial charge in [0.2, 0.25) is 0 Å². The van der Waals surface area contributed by atoms with Gasteiger partial charge in [-0.1, -0.05) is 53.5 Å². The third-order valence-electron chi connectivity index (χ3n) is 2.77. The highest BCUT2D eigenvalue weighted by Gasteiger charge is 2.12. The molecule has 0 saturated carbocycles. The van der Waals surface area contributed by atoms with E-state index in [1.807, 2.05) is 37.3 Å². The van der Waals surface area contributed by atoms with Gasteiger partial charge in [-0.2, -0.15) is 0 Å². The molecule has 0 fully saturated rings. The van der Waals surface area contributed by atoms with Crippen LogP contribution in [-0.2, 0) is 0 Å². The molecular weight excluding hydrogens is 281 g/mol. The van der Waals surface area contributed by atoms with Crippen molar-refractivity contribution >= 4 is 29.1 Å². The number of nitrogens with one attached hydrogen (secondary N) is 1. The van der Waals surface area contributed by atoms with Crippen LogP contribution in [0.5, 0.6) is 0 Å². The fraction of sp³-hybridized carbons (Fsp3) is 0.133. The second-order valence-corrected chi connectivity index (χ2v) is 5.14. The van der Waals surface area contributed by atoms with E-state index in [1.54, 1.807) is 18.2 Å². The lowest BCUT2D eigenvalue weighted by atomic mass is 10.1. The lowest BCUT2D eigenvalue weighted by Gasteiger charge is -2.14. The van der Waals surface area contributed by atoms with Gasteiger partial charge in [0.25, 0.3) is 5.91 Å². The molecule has 2 aromatic rings. The van der Waals surface area contributed by atoms with E-state index in [0.29, 0.717) is 15.6 Å². The fourth-order valence-corrected chi connectivity index (χ4v) is 2.32. The van der Waals surface area contributed by atoms with E-state index in [4.69, 9.17) is 23.2 Å². The molecule has 0 saturated heterocycles. The predicted octanol–water partition coefficient (Wildman–Crippen LogP) is 4.48. The summed E-state index contributed by atoms with van der Waals surface area (Å²) >= 11 is 11.8. The Bertz CT molecular complexity index is 564. The largest absolute Gasteiger partial charge is 0.346 e. The van der Waals surface area contributed by atoms with Gasteiger partial charge in [-0.15, -0.1) is 0 Å². The van der Waals surface area contributed by atoms with Crippen molar-refractivity contribution in [2.75, 3.05) is 0 Å². The molecule has 98 valence electrons. The molecule has 4 heteroatoms. The Kier molecular flexibility index (Phi) is 4.46. The smallest absolute Gasteiger partial charge is 0.251 e. The molecule has 19 heavy (non-hydrogen) atoms. The zero-order chi connectivity index (χ0) is 13.8. The summed E-state index contributed by atoms with van der Waals surface area (Å²) in [6.07, 6.45) is 0. The summed E-state index contributed by atoms with van der Waals surface area (Å²) in [6.45, 7) is 1.93. The molecule has 0 spiro atoms. The van der Waals surface area contributed by atoms with Crippen LogP contribution in [0.3, 0.4) is 0 Å². The first kappa shape index (κ1) is 13.9. The van der Waals surface area contributed by atoms with Crippen LogP contribution in [0.25, 0.3) is 0 Å². The Morgan fingerprint density at radius 2 is 1.63 bits per heavy atom. The van der Waals surface area contributed by atoms with E-state index in [9.17, 15) is 4.79 Å². The molecule has 0 radical (unpaired) electrons. The number of amides is 1. The Morgan fingerprint density at radius 1 is 1.05 bits per heavy atom. The van der Waals surface area contributed by atoms with Crippen LogP contribution in [0.15, 0.2) is 48.5 Å². The Hall–Kier alpha value is -1.51. The maximum absolute atomic E-state index is 12.1. The highest BCUT2D eigenvalue weighted by Crippen LogP contribution is 2.20. The molecule has 2 rings (SSSR count). The maximum Gasteiger partial charge on any atom is 0.251 e. The molecule has 0 aliphatic carbocycles. The minimum Gasteiger partial charge on any atom is -0.346 e. The normalized spacial score (nSPS) is 11.9. The molecule has 0 unspecified atom stereocenters. The van der Waals surface area contributed by atoms with Gasteiger partial charge in [0.05, 0.1) is 6.04 Å². The van der Waals surface area contributed by atoms with Gasteiger partial charge in [0.15, 0.2) is 0 Å². The van der Waals surface area contributed by atoms with E-state index in [1.165, 1.54) is 0 Å². The number of benzene rings is 2. The number of hydrogen-bond acceptors (Lipinski definition) is 1. The molecule has 0 heterocycles. The molecule has 1 amide bonds. The number of halogens is 2. The van der Waals surface area contributed by atoms with E-state index in [-0.39, 0.29) is 11.9 Å². The molecule has 0 bridgehead atoms. The summed E-state index contributed by atoms with van der Waals surface area (Å²) < 4.78 is 0. The highest BCUT2D eigenvalue weighted by molar-refractivity contribution is 6.35. The van der Waals surface area contributed by atoms with Crippen LogP contribution >= 0.6 is 23.2 Å². The molecule has 1 N–H and O–H groups in total. The summed E-state index contributed by atoms with van der Waals surface area (Å²) in [4.78, 5) is 12.1. The quantitative estimate of drug-likeness (QED) is 0.888. The highest BCUT2D eigenvalue weighted by atomic mass is 35.5. The van der Waals surface area contributed by atoms with Crippen molar-refractivity contribution in [3.63, 3.8) is 0 Å². The van der Waals surface area contributed by atoms with Crippen LogP contribution < -0.4 is 5.32 Å². The maximum atomic E-state index is 12.1. The summed E-state index contributed by atoms with van der Waals surface area (Å²) in [5, 5.41) is 3.81. The van der Waals surface area contributed by atoms with Gasteiger partial charge in [0, 0.05) is 15.6 Å². The van der Waals surface area contributed by atoms with Gasteiger partial charge in [-0.05, 0) is 30.7 Å². The van der Waals surface area contributed by atoms with Crippen LogP contribution in [0, 0.1) is 0 Å². The summed E-state index contributed by atoms with van der Waals surface area (Å²) in [7, 11) is 0. The van der Waals surface area contributed by atoms with Gasteiger partial charge < -0.3 is 5.32 Å². The van der Waals surface area contributed by atoms with Crippen molar-refractivity contribution in [1.82, 2.24) is 5.32 Å². The summed E-state index contributed by atoms with van der Waals surface area (Å²) in [6, 6.07) is 14.5. The number of carbonyl (C=O) groups excluding carboxylic acids is 1. The minimum absolute atomic E-state index is 0.0774. The van der Waals surface area contributed by atoms with Gasteiger partial charge in [0.1, 0.15) is 0 Å². The molecule has 1 atom stereocenters. The molecule has 0 aliphatic rings. The van der Waals surface area contributed by atoms with Crippen molar-refractivity contribution < 1.29 is 4.79 Å². The van der Waals surface area contributed by atoms with Crippen LogP contribution in [0.1, 0.15) is 28.9 Å². The first-order valence-electron chi connectivity index (χ1n) is 5.88. The zero-order valence-corrected chi connectivity index (χ0v) is 11.9. The second-order valence-electron chi connectivity index (χ2n) is 4.26. The number of rotatable bonds is 3. The Balaban J connectivity index is 2.13. The Morgan fingerprint density at radius 3 is 2.21 bits per heavy atom. The average Bonchev–Trinajstić information content (AvgIpc) is 2.38. The molecule has 2 nitrogen and oxygen atoms in total. The SMILES string of the molecule is C[C@H](NC(=O)c1cc(Cl)cc(Cl)c1)c1ccccc1. The average molecular weight is 294 g/mol. The molecular formula is C15H13Cl2NO. The first-order valence-corrected chi connectivity index (χ1v) is 6.64. The van der Waals surface area contributed by atoms with Crippen molar-refractivity contribution in [2.24, 2.45) is 0 Å². The molecule has 0 aliphatic heterocycles. The number of carbonyl (C=O) groups is 1. The van der Waals surface area contributed by atoms with E-state index in [0.717, 1.165) is 5.56 Å². The van der Waals surface area contributed by atoms with Crippen molar-refractivity contribution in [3.8, 4) is 0 Å². The lowest BCUT2D eigenvalue weighted by molar-refractivity contribution is 0.0940. The minimum atomic E-state index is -0.194. The van der Waals surface area contributed by atoms with Gasteiger partial charge in [-0.25, -0.2) is 0 Å². The summed E-state index contributed by atoms with van der Waals surface area (Å²) in [5.74, 6) is -0.194. The number of hydrogen-bond donors (Lipinski definition) is 1. The van der Waals surface area contributed by atoms with Crippen molar-refractivity contribution in [2.45, 2.75) is 13.0 Å². The summed E-state index contributed by atoms with van der Waals surface area (Å²) in [5.41, 5.74) is 1.50. The lowest BCUT2D eigenvalue weighted by Crippen LogP contribution is -2.26. The standard InChI is InChI=1S/C15H13Cl2NO/c1-10(11-5-3-2-4-6-11)18-15(19)12-7-13(16)9-14(17)8-12/h2-10H,1H3,(H,18,19)/t10-/m0/s1. The van der Waals surface area contributed by atoms with E-state index < -0.39 is 0 Å². The third-order valence-corrected chi connectivity index (χ3v) is 3.21. The van der Waals surface area contributed by atoms with Crippen molar-refractivity contribution in [3.05, 3.63) is 69.7 Å². The third kappa shape index (κ3) is 3.72. The zero-order valence-electron chi connectivity index (χ0n) is 10.4. The topological polar surface area (TPSA) is 29.1 Å². The Labute approximate surface area is 122 Å². The predicted molar refractivity (Wildman–Crippen MR) is 78.8 cm³/mol. The van der Waals surface area contributed by atoms with Crippen LogP contribution in [0.2, 0.25) is 10.0 Å². The molecule has 0 aromatic heterocycles. The fourth-order valence-electron chi connectivity index (χ4n) is 1.79. The van der Waals surface area contributed by atoms with E-state index >= 15 is 0 Å². The molecule has 2 aromatic carbocycles. The second kappa shape index (κ2) is 6.09.